The number of benzene rings is 3. The summed E-state index contributed by atoms with van der Waals surface area (Å²) in [6, 6.07) is 20.6. The first-order chi connectivity index (χ1) is 27.0. The lowest BCUT2D eigenvalue weighted by Crippen LogP contribution is -2.52. The number of nitrogens with one attached hydrogen (secondary N) is 3. The van der Waals surface area contributed by atoms with Crippen molar-refractivity contribution in [2.45, 2.75) is 71.5 Å². The SMILES string of the molecule is Cc1sc2c(c1C)C(c1ccc(Cl)cc1)=N[C@@H](CC(=O)NCCCNc1ccc(Cc3ccc4c(c3)CN(C3CCC(=O)NC3=O)C4=O)cc1)c1nnc(C)n1-2. The Kier molecular flexibility index (Phi) is 10.3. The molecule has 2 atom stereocenters. The number of carbonyl (C=O) groups excluding carboxylic acids is 4. The van der Waals surface area contributed by atoms with E-state index in [1.807, 2.05) is 66.1 Å². The molecule has 1 fully saturated rings. The molecule has 0 radical (unpaired) electrons. The van der Waals surface area contributed by atoms with Crippen LogP contribution in [0.4, 0.5) is 5.69 Å². The lowest BCUT2D eigenvalue weighted by molar-refractivity contribution is -0.137. The molecule has 0 bridgehead atoms. The maximum atomic E-state index is 13.4. The summed E-state index contributed by atoms with van der Waals surface area (Å²) < 4.78 is 2.05. The number of amides is 4. The summed E-state index contributed by atoms with van der Waals surface area (Å²) >= 11 is 7.91. The van der Waals surface area contributed by atoms with Crippen molar-refractivity contribution in [3.63, 3.8) is 0 Å². The summed E-state index contributed by atoms with van der Waals surface area (Å²) in [5.74, 6) is 0.421. The van der Waals surface area contributed by atoms with Gasteiger partial charge in [-0.15, -0.1) is 21.5 Å². The van der Waals surface area contributed by atoms with E-state index in [9.17, 15) is 19.2 Å². The molecular formula is C42H41ClN8O4S. The third-order valence-electron chi connectivity index (χ3n) is 10.7. The number of aliphatic imine (C=N–C) groups is 1. The zero-order chi connectivity index (χ0) is 39.1. The van der Waals surface area contributed by atoms with Gasteiger partial charge in [0.15, 0.2) is 5.82 Å². The highest BCUT2D eigenvalue weighted by atomic mass is 35.5. The van der Waals surface area contributed by atoms with E-state index < -0.39 is 18.0 Å². The fourth-order valence-electron chi connectivity index (χ4n) is 7.64. The van der Waals surface area contributed by atoms with E-state index in [0.717, 1.165) is 62.0 Å². The number of hydrogen-bond acceptors (Lipinski definition) is 9. The number of hydrogen-bond donors (Lipinski definition) is 3. The monoisotopic (exact) mass is 788 g/mol. The van der Waals surface area contributed by atoms with Gasteiger partial charge in [-0.2, -0.15) is 0 Å². The van der Waals surface area contributed by atoms with Crippen LogP contribution in [0, 0.1) is 20.8 Å². The van der Waals surface area contributed by atoms with Crippen LogP contribution in [0.3, 0.4) is 0 Å². The van der Waals surface area contributed by atoms with Crippen molar-refractivity contribution >= 4 is 58.0 Å². The lowest BCUT2D eigenvalue weighted by atomic mass is 9.99. The van der Waals surface area contributed by atoms with Gasteiger partial charge in [-0.25, -0.2) is 0 Å². The molecule has 5 aromatic rings. The van der Waals surface area contributed by atoms with Crippen molar-refractivity contribution in [1.82, 2.24) is 30.3 Å². The molecule has 2 aromatic heterocycles. The third-order valence-corrected chi connectivity index (χ3v) is 12.1. The molecule has 14 heteroatoms. The lowest BCUT2D eigenvalue weighted by Gasteiger charge is -2.29. The predicted molar refractivity (Wildman–Crippen MR) is 216 cm³/mol. The normalized spacial score (nSPS) is 17.5. The maximum absolute atomic E-state index is 13.4. The maximum Gasteiger partial charge on any atom is 0.255 e. The minimum Gasteiger partial charge on any atom is -0.385 e. The molecule has 3 aliphatic rings. The van der Waals surface area contributed by atoms with Gasteiger partial charge in [-0.1, -0.05) is 48.0 Å². The molecule has 1 unspecified atom stereocenters. The minimum atomic E-state index is -0.624. The number of nitrogens with zero attached hydrogens (tertiary/aromatic N) is 5. The van der Waals surface area contributed by atoms with Gasteiger partial charge in [0.2, 0.25) is 17.7 Å². The second-order valence-electron chi connectivity index (χ2n) is 14.5. The standard InChI is InChI=1S/C42H41ClN8O4S/c1-23-24(2)56-42-37(23)38(28-8-10-30(43)11-9-28)46-33(39-49-48-25(3)51(39)42)21-36(53)45-18-4-17-44-31-12-5-26(6-13-31)19-27-7-14-32-29(20-27)22-50(41(32)55)34-15-16-35(52)47-40(34)54/h5-14,20,33-34,44H,4,15-19,21-22H2,1-3H3,(H,45,53)(H,47,52,54)/t33-,34?/m0/s1. The number of fused-ring (bicyclic) bond motifs is 4. The van der Waals surface area contributed by atoms with Gasteiger partial charge in [-0.3, -0.25) is 34.1 Å². The van der Waals surface area contributed by atoms with Crippen LogP contribution in [-0.2, 0) is 27.3 Å². The molecule has 0 aliphatic carbocycles. The van der Waals surface area contributed by atoms with Crippen molar-refractivity contribution in [1.29, 1.82) is 0 Å². The molecule has 12 nitrogen and oxygen atoms in total. The first-order valence-electron chi connectivity index (χ1n) is 18.8. The molecule has 0 spiro atoms. The second kappa shape index (κ2) is 15.5. The Labute approximate surface area is 333 Å². The number of aromatic nitrogens is 3. The predicted octanol–water partition coefficient (Wildman–Crippen LogP) is 6.16. The number of aryl methyl sites for hydroxylation is 2. The number of piperidine rings is 1. The van der Waals surface area contributed by atoms with Gasteiger partial charge in [0.25, 0.3) is 5.91 Å². The van der Waals surface area contributed by atoms with Crippen LogP contribution in [-0.4, -0.2) is 68.1 Å². The van der Waals surface area contributed by atoms with Gasteiger partial charge in [0.1, 0.15) is 22.9 Å². The summed E-state index contributed by atoms with van der Waals surface area (Å²) in [5, 5.41) is 19.4. The summed E-state index contributed by atoms with van der Waals surface area (Å²) in [4.78, 5) is 58.3. The topological polar surface area (TPSA) is 151 Å². The van der Waals surface area contributed by atoms with Crippen LogP contribution in [0.25, 0.3) is 5.00 Å². The largest absolute Gasteiger partial charge is 0.385 e. The molecule has 5 heterocycles. The Morgan fingerprint density at radius 2 is 1.73 bits per heavy atom. The molecule has 56 heavy (non-hydrogen) atoms. The second-order valence-corrected chi connectivity index (χ2v) is 16.1. The number of carbonyl (C=O) groups is 4. The van der Waals surface area contributed by atoms with E-state index in [4.69, 9.17) is 16.6 Å². The smallest absolute Gasteiger partial charge is 0.255 e. The Bertz CT molecular complexity index is 2400. The number of imide groups is 1. The van der Waals surface area contributed by atoms with Crippen molar-refractivity contribution in [3.05, 3.63) is 127 Å². The number of thiophene rings is 1. The molecule has 4 amide bonds. The number of halogens is 1. The molecule has 0 saturated carbocycles. The van der Waals surface area contributed by atoms with E-state index in [-0.39, 0.29) is 30.6 Å². The zero-order valence-corrected chi connectivity index (χ0v) is 32.9. The molecule has 1 saturated heterocycles. The van der Waals surface area contributed by atoms with E-state index in [0.29, 0.717) is 48.9 Å². The molecule has 3 aromatic carbocycles. The van der Waals surface area contributed by atoms with Crippen molar-refractivity contribution in [2.75, 3.05) is 18.4 Å². The first-order valence-corrected chi connectivity index (χ1v) is 20.0. The average Bonchev–Trinajstić information content (AvgIpc) is 3.78. The van der Waals surface area contributed by atoms with E-state index >= 15 is 0 Å². The van der Waals surface area contributed by atoms with Crippen molar-refractivity contribution < 1.29 is 19.2 Å². The van der Waals surface area contributed by atoms with Crippen LogP contribution in [0.15, 0.2) is 71.7 Å². The van der Waals surface area contributed by atoms with Crippen LogP contribution in [0.5, 0.6) is 0 Å². The van der Waals surface area contributed by atoms with Crippen molar-refractivity contribution in [2.24, 2.45) is 4.99 Å². The highest BCUT2D eigenvalue weighted by Gasteiger charge is 2.39. The van der Waals surface area contributed by atoms with E-state index in [1.54, 1.807) is 16.2 Å². The van der Waals surface area contributed by atoms with Crippen molar-refractivity contribution in [3.8, 4) is 5.00 Å². The molecule has 286 valence electrons. The summed E-state index contributed by atoms with van der Waals surface area (Å²) in [6.45, 7) is 7.67. The van der Waals surface area contributed by atoms with Crippen LogP contribution < -0.4 is 16.0 Å². The molecular weight excluding hydrogens is 748 g/mol. The van der Waals surface area contributed by atoms with Gasteiger partial charge >= 0.3 is 0 Å². The van der Waals surface area contributed by atoms with E-state index in [1.165, 1.54) is 4.88 Å². The number of rotatable bonds is 11. The molecule has 8 rings (SSSR count). The van der Waals surface area contributed by atoms with Crippen LogP contribution in [0.1, 0.15) is 92.0 Å². The number of anilines is 1. The van der Waals surface area contributed by atoms with E-state index in [2.05, 4.69) is 52.1 Å². The summed E-state index contributed by atoms with van der Waals surface area (Å²) in [6.07, 6.45) is 2.14. The molecule has 3 N–H and O–H groups in total. The fraction of sp³-hybridized carbons (Fsp3) is 0.310. The summed E-state index contributed by atoms with van der Waals surface area (Å²) in [5.41, 5.74) is 8.61. The van der Waals surface area contributed by atoms with Gasteiger partial charge < -0.3 is 15.5 Å². The van der Waals surface area contributed by atoms with Crippen LogP contribution in [0.2, 0.25) is 5.02 Å². The van der Waals surface area contributed by atoms with Gasteiger partial charge in [0, 0.05) is 58.3 Å². The molecule has 3 aliphatic heterocycles. The van der Waals surface area contributed by atoms with Gasteiger partial charge in [-0.05, 0) is 92.6 Å². The quantitative estimate of drug-likeness (QED) is 0.107. The Morgan fingerprint density at radius 3 is 2.50 bits per heavy atom. The highest BCUT2D eigenvalue weighted by molar-refractivity contribution is 7.15. The summed E-state index contributed by atoms with van der Waals surface area (Å²) in [7, 11) is 0. The minimum absolute atomic E-state index is 0.108. The zero-order valence-electron chi connectivity index (χ0n) is 31.3. The van der Waals surface area contributed by atoms with Gasteiger partial charge in [0.05, 0.1) is 12.1 Å². The Morgan fingerprint density at radius 1 is 0.964 bits per heavy atom. The highest BCUT2D eigenvalue weighted by Crippen LogP contribution is 2.39. The average molecular weight is 789 g/mol. The Balaban J connectivity index is 0.844. The first kappa shape index (κ1) is 37.3. The Hall–Kier alpha value is -5.66. The third kappa shape index (κ3) is 7.36. The van der Waals surface area contributed by atoms with Crippen LogP contribution >= 0.6 is 22.9 Å². The fourth-order valence-corrected chi connectivity index (χ4v) is 8.98.